The number of benzene rings is 2. The van der Waals surface area contributed by atoms with Crippen molar-refractivity contribution in [2.75, 3.05) is 20.8 Å². The van der Waals surface area contributed by atoms with E-state index in [4.69, 9.17) is 28.4 Å². The number of allylic oxidation sites excluding steroid dienone is 2. The maximum Gasteiger partial charge on any atom is 0.371 e. The van der Waals surface area contributed by atoms with Gasteiger partial charge in [-0.25, -0.2) is 4.79 Å². The maximum atomic E-state index is 11.9. The summed E-state index contributed by atoms with van der Waals surface area (Å²) in [6.07, 6.45) is -8.32. The van der Waals surface area contributed by atoms with E-state index in [2.05, 4.69) is 0 Å². The largest absolute Gasteiger partial charge is 0.508 e. The van der Waals surface area contributed by atoms with Crippen molar-refractivity contribution < 1.29 is 69.0 Å². The average Bonchev–Trinajstić information content (AvgIpc) is 2.93. The van der Waals surface area contributed by atoms with Crippen LogP contribution in [-0.4, -0.2) is 93.2 Å². The molecule has 1 fully saturated rings. The topological polar surface area (TPSA) is 214 Å². The van der Waals surface area contributed by atoms with Gasteiger partial charge in [-0.1, -0.05) is 0 Å². The van der Waals surface area contributed by atoms with Crippen molar-refractivity contribution in [3.63, 3.8) is 0 Å². The van der Waals surface area contributed by atoms with E-state index in [1.165, 1.54) is 38.5 Å². The predicted octanol–water partition coefficient (Wildman–Crippen LogP) is 0.137. The third-order valence-electron chi connectivity index (χ3n) is 6.67. The lowest BCUT2D eigenvalue weighted by Gasteiger charge is -2.41. The zero-order valence-electron chi connectivity index (χ0n) is 21.0. The lowest BCUT2D eigenvalue weighted by Crippen LogP contribution is -2.59. The molecule has 0 amide bonds. The minimum atomic E-state index is -1.81. The van der Waals surface area contributed by atoms with Crippen molar-refractivity contribution >= 4 is 11.5 Å². The van der Waals surface area contributed by atoms with Gasteiger partial charge in [0.1, 0.15) is 41.7 Å². The normalized spacial score (nSPS) is 27.1. The van der Waals surface area contributed by atoms with Crippen molar-refractivity contribution in [1.82, 2.24) is 0 Å². The Kier molecular flexibility index (Phi) is 7.12. The first-order chi connectivity index (χ1) is 19.1. The Morgan fingerprint density at radius 3 is 2.20 bits per heavy atom. The predicted molar refractivity (Wildman–Crippen MR) is 131 cm³/mol. The highest BCUT2D eigenvalue weighted by Gasteiger charge is 2.47. The molecule has 0 aliphatic carbocycles. The number of carboxylic acid groups (broad SMARTS) is 1. The van der Waals surface area contributed by atoms with Crippen LogP contribution >= 0.6 is 0 Å². The molecule has 5 rings (SSSR count). The van der Waals surface area contributed by atoms with Gasteiger partial charge in [0, 0.05) is 29.3 Å². The molecule has 0 saturated carbocycles. The van der Waals surface area contributed by atoms with E-state index >= 15 is 0 Å². The van der Waals surface area contributed by atoms with E-state index in [-0.39, 0.29) is 57.0 Å². The number of methoxy groups -OCH3 is 2. The smallest absolute Gasteiger partial charge is 0.371 e. The second-order valence-corrected chi connectivity index (χ2v) is 9.10. The lowest BCUT2D eigenvalue weighted by atomic mass is 9.91. The third-order valence-corrected chi connectivity index (χ3v) is 6.67. The van der Waals surface area contributed by atoms with E-state index in [1.807, 2.05) is 0 Å². The summed E-state index contributed by atoms with van der Waals surface area (Å²) in [6, 6.07) is 5.25. The molecule has 14 heteroatoms. The fraction of sp³-hybridized carbons (Fsp3) is 0.346. The van der Waals surface area contributed by atoms with E-state index in [0.717, 1.165) is 6.08 Å². The molecule has 3 aliphatic rings. The van der Waals surface area contributed by atoms with Gasteiger partial charge < -0.3 is 64.2 Å². The number of aliphatic hydroxyl groups is 4. The molecule has 0 bridgehead atoms. The molecule has 0 radical (unpaired) electrons. The third kappa shape index (κ3) is 4.51. The van der Waals surface area contributed by atoms with E-state index in [9.17, 15) is 40.5 Å². The van der Waals surface area contributed by atoms with Crippen molar-refractivity contribution in [2.24, 2.45) is 0 Å². The quantitative estimate of drug-likeness (QED) is 0.239. The van der Waals surface area contributed by atoms with Gasteiger partial charge >= 0.3 is 5.97 Å². The SMILES string of the molecule is COc1cc(C2Oc3cc(O)cc4c3C(=C2O[C@H]2O[C@H](CO)[C@@H](O)[C@@H](O)[C@@H]2O)C=C(C(=O)O)O4)cc(OC)c1O. The molecule has 0 spiro atoms. The molecule has 40 heavy (non-hydrogen) atoms. The van der Waals surface area contributed by atoms with Crippen LogP contribution in [0.2, 0.25) is 0 Å². The van der Waals surface area contributed by atoms with E-state index in [1.54, 1.807) is 0 Å². The summed E-state index contributed by atoms with van der Waals surface area (Å²) in [7, 11) is 2.62. The highest BCUT2D eigenvalue weighted by Crippen LogP contribution is 2.53. The van der Waals surface area contributed by atoms with Crippen LogP contribution in [0.4, 0.5) is 0 Å². The van der Waals surface area contributed by atoms with Crippen LogP contribution in [0.5, 0.6) is 34.5 Å². The van der Waals surface area contributed by atoms with Gasteiger partial charge in [-0.15, -0.1) is 0 Å². The van der Waals surface area contributed by atoms with Crippen LogP contribution in [-0.2, 0) is 14.3 Å². The summed E-state index contributed by atoms with van der Waals surface area (Å²) in [5, 5.41) is 71.2. The first kappa shape index (κ1) is 27.4. The van der Waals surface area contributed by atoms with Crippen LogP contribution in [0.3, 0.4) is 0 Å². The van der Waals surface area contributed by atoms with Gasteiger partial charge in [-0.05, 0) is 12.1 Å². The highest BCUT2D eigenvalue weighted by molar-refractivity contribution is 5.95. The monoisotopic (exact) mass is 562 g/mol. The number of hydrogen-bond acceptors (Lipinski definition) is 13. The molecule has 3 heterocycles. The first-order valence-electron chi connectivity index (χ1n) is 11.9. The van der Waals surface area contributed by atoms with Crippen LogP contribution in [0.25, 0.3) is 5.57 Å². The minimum Gasteiger partial charge on any atom is -0.508 e. The number of carboxylic acids is 1. The lowest BCUT2D eigenvalue weighted by molar-refractivity contribution is -0.293. The van der Waals surface area contributed by atoms with Gasteiger partial charge in [-0.3, -0.25) is 0 Å². The number of aliphatic carboxylic acids is 1. The molecule has 1 unspecified atom stereocenters. The average molecular weight is 562 g/mol. The molecule has 0 aromatic heterocycles. The molecule has 3 aliphatic heterocycles. The number of aliphatic hydroxyl groups excluding tert-OH is 4. The number of ether oxygens (including phenoxy) is 6. The Morgan fingerprint density at radius 2 is 1.60 bits per heavy atom. The molecule has 14 nitrogen and oxygen atoms in total. The van der Waals surface area contributed by atoms with Gasteiger partial charge in [-0.2, -0.15) is 0 Å². The molecule has 7 N–H and O–H groups in total. The first-order valence-corrected chi connectivity index (χ1v) is 11.9. The van der Waals surface area contributed by atoms with Crippen molar-refractivity contribution in [3.05, 3.63) is 53.0 Å². The van der Waals surface area contributed by atoms with Crippen LogP contribution in [0, 0.1) is 0 Å². The summed E-state index contributed by atoms with van der Waals surface area (Å²) < 4.78 is 33.7. The maximum absolute atomic E-state index is 11.9. The molecule has 6 atom stereocenters. The number of rotatable bonds is 7. The fourth-order valence-electron chi connectivity index (χ4n) is 4.69. The Hall–Kier alpha value is -4.21. The van der Waals surface area contributed by atoms with Gasteiger partial charge in [0.15, 0.2) is 23.4 Å². The summed E-state index contributed by atoms with van der Waals surface area (Å²) in [4.78, 5) is 11.9. The standard InChI is InChI=1S/C26H26O14/c1-35-14-3-9(4-15(36-2)19(14)29)23-24(40-26-22(32)21(31)20(30)17(8-27)39-26)11-7-16(25(33)34)37-12-5-10(28)6-13(38-23)18(11)12/h3-7,17,20-23,26-32H,8H2,1-2H3,(H,33,34)/t17-,20-,21-,22+,23?,26-/m1/s1. The summed E-state index contributed by atoms with van der Waals surface area (Å²) in [5.41, 5.74) is 0.565. The Labute approximate surface area is 226 Å². The van der Waals surface area contributed by atoms with Gasteiger partial charge in [0.2, 0.25) is 17.8 Å². The van der Waals surface area contributed by atoms with E-state index < -0.39 is 55.1 Å². The minimum absolute atomic E-state index is 0.00807. The second kappa shape index (κ2) is 10.4. The zero-order valence-corrected chi connectivity index (χ0v) is 21.0. The Morgan fingerprint density at radius 1 is 0.950 bits per heavy atom. The number of phenols is 2. The van der Waals surface area contributed by atoms with Crippen molar-refractivity contribution in [3.8, 4) is 34.5 Å². The second-order valence-electron chi connectivity index (χ2n) is 9.10. The van der Waals surface area contributed by atoms with Crippen LogP contribution in [0.1, 0.15) is 17.2 Å². The fourth-order valence-corrected chi connectivity index (χ4v) is 4.69. The molecule has 1 saturated heterocycles. The Bertz CT molecular complexity index is 1370. The van der Waals surface area contributed by atoms with Gasteiger partial charge in [0.25, 0.3) is 0 Å². The summed E-state index contributed by atoms with van der Waals surface area (Å²) >= 11 is 0. The van der Waals surface area contributed by atoms with Crippen LogP contribution < -0.4 is 18.9 Å². The number of phenolic OH excluding ortho intramolecular Hbond substituents is 2. The Balaban J connectivity index is 1.73. The zero-order chi connectivity index (χ0) is 28.9. The number of aromatic hydroxyl groups is 2. The molecule has 2 aromatic rings. The van der Waals surface area contributed by atoms with Crippen LogP contribution in [0.15, 0.2) is 41.9 Å². The molecule has 2 aromatic carbocycles. The van der Waals surface area contributed by atoms with E-state index in [0.29, 0.717) is 0 Å². The van der Waals surface area contributed by atoms with Crippen molar-refractivity contribution in [2.45, 2.75) is 36.8 Å². The van der Waals surface area contributed by atoms with Gasteiger partial charge in [0.05, 0.1) is 26.4 Å². The number of hydrogen-bond donors (Lipinski definition) is 7. The van der Waals surface area contributed by atoms with Crippen molar-refractivity contribution in [1.29, 1.82) is 0 Å². The molecular formula is C26H26O14. The summed E-state index contributed by atoms with van der Waals surface area (Å²) in [5.74, 6) is -2.73. The molecule has 214 valence electrons. The molecular weight excluding hydrogens is 536 g/mol. The highest BCUT2D eigenvalue weighted by atomic mass is 16.7. The summed E-state index contributed by atoms with van der Waals surface area (Å²) in [6.45, 7) is -0.716. The number of carbonyl (C=O) groups is 1.